The van der Waals surface area contributed by atoms with Crippen molar-refractivity contribution < 1.29 is 14.3 Å². The maximum Gasteiger partial charge on any atom is 0.262 e. The van der Waals surface area contributed by atoms with Crippen molar-refractivity contribution in [2.45, 2.75) is 13.8 Å². The molecular formula is C19H20INO3. The monoisotopic (exact) mass is 437 g/mol. The van der Waals surface area contributed by atoms with E-state index < -0.39 is 0 Å². The number of methoxy groups -OCH3 is 1. The third-order valence-corrected chi connectivity index (χ3v) is 4.04. The number of benzene rings is 2. The van der Waals surface area contributed by atoms with Gasteiger partial charge in [0.15, 0.2) is 18.1 Å². The van der Waals surface area contributed by atoms with Crippen molar-refractivity contribution in [1.29, 1.82) is 0 Å². The third-order valence-electron chi connectivity index (χ3n) is 3.37. The molecule has 0 aliphatic heterocycles. The first-order chi connectivity index (χ1) is 11.5. The molecule has 5 heteroatoms. The zero-order valence-corrected chi connectivity index (χ0v) is 16.1. The fourth-order valence-electron chi connectivity index (χ4n) is 2.20. The van der Waals surface area contributed by atoms with Crippen molar-refractivity contribution >= 4 is 40.3 Å². The summed E-state index contributed by atoms with van der Waals surface area (Å²) in [5.41, 5.74) is 2.82. The van der Waals surface area contributed by atoms with Crippen LogP contribution < -0.4 is 14.8 Å². The van der Waals surface area contributed by atoms with Crippen LogP contribution in [0.25, 0.3) is 6.08 Å². The number of allylic oxidation sites excluding steroid dienone is 1. The van der Waals surface area contributed by atoms with Crippen LogP contribution >= 0.6 is 22.6 Å². The van der Waals surface area contributed by atoms with E-state index in [9.17, 15) is 4.79 Å². The molecule has 2 rings (SSSR count). The van der Waals surface area contributed by atoms with Gasteiger partial charge >= 0.3 is 0 Å². The minimum atomic E-state index is -0.209. The molecule has 2 aromatic rings. The predicted octanol–water partition coefficient (Wildman–Crippen LogP) is 4.66. The number of halogens is 1. The second-order valence-corrected chi connectivity index (χ2v) is 6.45. The zero-order valence-electron chi connectivity index (χ0n) is 13.9. The van der Waals surface area contributed by atoms with Crippen molar-refractivity contribution in [1.82, 2.24) is 0 Å². The van der Waals surface area contributed by atoms with Crippen LogP contribution in [0.2, 0.25) is 0 Å². The summed E-state index contributed by atoms with van der Waals surface area (Å²) in [5.74, 6) is 0.933. The van der Waals surface area contributed by atoms with Crippen molar-refractivity contribution in [2.24, 2.45) is 0 Å². The van der Waals surface area contributed by atoms with Crippen LogP contribution in [0.15, 0.2) is 42.5 Å². The zero-order chi connectivity index (χ0) is 17.5. The first kappa shape index (κ1) is 18.3. The van der Waals surface area contributed by atoms with Crippen molar-refractivity contribution in [3.05, 3.63) is 57.2 Å². The van der Waals surface area contributed by atoms with Gasteiger partial charge in [-0.3, -0.25) is 4.79 Å². The Morgan fingerprint density at radius 2 is 2.00 bits per heavy atom. The number of hydrogen-bond donors (Lipinski definition) is 1. The summed E-state index contributed by atoms with van der Waals surface area (Å²) in [6.07, 6.45) is 3.92. The Labute approximate surface area is 156 Å². The molecule has 0 atom stereocenters. The highest BCUT2D eigenvalue weighted by Crippen LogP contribution is 2.28. The molecule has 0 heterocycles. The lowest BCUT2D eigenvalue weighted by atomic mass is 10.2. The minimum absolute atomic E-state index is 0.0786. The van der Waals surface area contributed by atoms with E-state index in [1.165, 1.54) is 0 Å². The average molecular weight is 437 g/mol. The Kier molecular flexibility index (Phi) is 6.66. The highest BCUT2D eigenvalue weighted by molar-refractivity contribution is 14.1. The standard InChI is InChI=1S/C19H20INO3/c1-4-5-14-6-9-17(18(11-14)23-3)24-12-19(22)21-16-8-7-15(20)10-13(16)2/h4-11H,12H2,1-3H3,(H,21,22)/b5-4+. The SMILES string of the molecule is C/C=C/c1ccc(OCC(=O)Nc2ccc(I)cc2C)c(OC)c1. The smallest absolute Gasteiger partial charge is 0.262 e. The van der Waals surface area contributed by atoms with E-state index in [0.717, 1.165) is 20.4 Å². The third kappa shape index (κ3) is 4.99. The van der Waals surface area contributed by atoms with Crippen LogP contribution in [0.4, 0.5) is 5.69 Å². The maximum atomic E-state index is 12.1. The normalized spacial score (nSPS) is 10.7. The summed E-state index contributed by atoms with van der Waals surface area (Å²) in [6, 6.07) is 11.4. The van der Waals surface area contributed by atoms with Crippen LogP contribution in [0, 0.1) is 10.5 Å². The fraction of sp³-hybridized carbons (Fsp3) is 0.211. The molecule has 0 radical (unpaired) electrons. The number of carbonyl (C=O) groups excluding carboxylic acids is 1. The lowest BCUT2D eigenvalue weighted by molar-refractivity contribution is -0.118. The van der Waals surface area contributed by atoms with Gasteiger partial charge in [-0.1, -0.05) is 18.2 Å². The molecule has 24 heavy (non-hydrogen) atoms. The van der Waals surface area contributed by atoms with Gasteiger partial charge in [0.2, 0.25) is 0 Å². The predicted molar refractivity (Wildman–Crippen MR) is 106 cm³/mol. The number of carbonyl (C=O) groups is 1. The Balaban J connectivity index is 2.01. The molecule has 126 valence electrons. The number of hydrogen-bond acceptors (Lipinski definition) is 3. The molecular weight excluding hydrogens is 417 g/mol. The topological polar surface area (TPSA) is 47.6 Å². The Morgan fingerprint density at radius 1 is 1.21 bits per heavy atom. The molecule has 2 aromatic carbocycles. The molecule has 0 saturated heterocycles. The summed E-state index contributed by atoms with van der Waals surface area (Å²) >= 11 is 2.24. The number of anilines is 1. The first-order valence-electron chi connectivity index (χ1n) is 7.53. The van der Waals surface area contributed by atoms with Gasteiger partial charge < -0.3 is 14.8 Å². The van der Waals surface area contributed by atoms with Crippen molar-refractivity contribution in [2.75, 3.05) is 19.0 Å². The van der Waals surface area contributed by atoms with E-state index in [1.54, 1.807) is 13.2 Å². The number of ether oxygens (including phenoxy) is 2. The molecule has 0 spiro atoms. The number of rotatable bonds is 6. The van der Waals surface area contributed by atoms with Gasteiger partial charge in [0.1, 0.15) is 0 Å². The number of nitrogens with one attached hydrogen (secondary N) is 1. The van der Waals surface area contributed by atoms with Crippen LogP contribution in [-0.4, -0.2) is 19.6 Å². The molecule has 0 bridgehead atoms. The Morgan fingerprint density at radius 3 is 2.67 bits per heavy atom. The molecule has 1 amide bonds. The number of aryl methyl sites for hydroxylation is 1. The van der Waals surface area contributed by atoms with Crippen LogP contribution in [0.5, 0.6) is 11.5 Å². The van der Waals surface area contributed by atoms with Gasteiger partial charge in [-0.25, -0.2) is 0 Å². The van der Waals surface area contributed by atoms with Crippen LogP contribution in [0.1, 0.15) is 18.1 Å². The highest BCUT2D eigenvalue weighted by Gasteiger charge is 2.09. The molecule has 0 fully saturated rings. The summed E-state index contributed by atoms with van der Waals surface area (Å²) in [6.45, 7) is 3.83. The van der Waals surface area contributed by atoms with E-state index in [0.29, 0.717) is 11.5 Å². The average Bonchev–Trinajstić information content (AvgIpc) is 2.56. The van der Waals surface area contributed by atoms with Gasteiger partial charge in [-0.15, -0.1) is 0 Å². The molecule has 0 aliphatic rings. The van der Waals surface area contributed by atoms with Crippen LogP contribution in [-0.2, 0) is 4.79 Å². The van der Waals surface area contributed by atoms with Gasteiger partial charge in [0.05, 0.1) is 7.11 Å². The highest BCUT2D eigenvalue weighted by atomic mass is 127. The summed E-state index contributed by atoms with van der Waals surface area (Å²) in [4.78, 5) is 12.1. The lowest BCUT2D eigenvalue weighted by Crippen LogP contribution is -2.20. The van der Waals surface area contributed by atoms with E-state index >= 15 is 0 Å². The minimum Gasteiger partial charge on any atom is -0.493 e. The van der Waals surface area contributed by atoms with Gasteiger partial charge in [0.25, 0.3) is 5.91 Å². The van der Waals surface area contributed by atoms with E-state index in [2.05, 4.69) is 27.9 Å². The first-order valence-corrected chi connectivity index (χ1v) is 8.61. The second-order valence-electron chi connectivity index (χ2n) is 5.21. The van der Waals surface area contributed by atoms with E-state index in [-0.39, 0.29) is 12.5 Å². The Bertz CT molecular complexity index is 756. The largest absolute Gasteiger partial charge is 0.493 e. The van der Waals surface area contributed by atoms with Gasteiger partial charge in [0, 0.05) is 9.26 Å². The summed E-state index contributed by atoms with van der Waals surface area (Å²) in [7, 11) is 1.58. The summed E-state index contributed by atoms with van der Waals surface area (Å²) < 4.78 is 12.0. The fourth-order valence-corrected chi connectivity index (χ4v) is 2.84. The van der Waals surface area contributed by atoms with E-state index in [4.69, 9.17) is 9.47 Å². The van der Waals surface area contributed by atoms with Gasteiger partial charge in [-0.2, -0.15) is 0 Å². The molecule has 4 nitrogen and oxygen atoms in total. The van der Waals surface area contributed by atoms with Crippen LogP contribution in [0.3, 0.4) is 0 Å². The Hall–Kier alpha value is -2.02. The molecule has 0 unspecified atom stereocenters. The molecule has 0 saturated carbocycles. The second kappa shape index (κ2) is 8.73. The van der Waals surface area contributed by atoms with E-state index in [1.807, 2.05) is 56.3 Å². The molecule has 1 N–H and O–H groups in total. The van der Waals surface area contributed by atoms with Gasteiger partial charge in [-0.05, 0) is 77.9 Å². The molecule has 0 aromatic heterocycles. The van der Waals surface area contributed by atoms with Crippen molar-refractivity contribution in [3.8, 4) is 11.5 Å². The van der Waals surface area contributed by atoms with Crippen molar-refractivity contribution in [3.63, 3.8) is 0 Å². The lowest BCUT2D eigenvalue weighted by Gasteiger charge is -2.12. The quantitative estimate of drug-likeness (QED) is 0.669. The number of amides is 1. The summed E-state index contributed by atoms with van der Waals surface area (Å²) in [5, 5.41) is 2.86. The maximum absolute atomic E-state index is 12.1. The molecule has 0 aliphatic carbocycles.